The topological polar surface area (TPSA) is 97.2 Å². The first-order valence-electron chi connectivity index (χ1n) is 7.51. The van der Waals surface area contributed by atoms with Crippen molar-refractivity contribution in [3.8, 4) is 0 Å². The average Bonchev–Trinajstić information content (AvgIpc) is 3.14. The third-order valence-electron chi connectivity index (χ3n) is 3.57. The molecule has 2 heterocycles. The number of esters is 1. The van der Waals surface area contributed by atoms with Crippen LogP contribution in [-0.2, 0) is 20.7 Å². The van der Waals surface area contributed by atoms with Gasteiger partial charge in [-0.2, -0.15) is 0 Å². The molecule has 0 bridgehead atoms. The standard InChI is InChI=1S/C17H17N3O4/c1-10-7-15(20-24-10)19-17(22)11(2)23-16(21)8-12-9-18-14-6-4-3-5-13(12)14/h3-7,9,11,18H,8H2,1-2H3,(H,19,20,22)/t11-/m0/s1. The molecule has 0 aliphatic rings. The van der Waals surface area contributed by atoms with Crippen molar-refractivity contribution in [1.82, 2.24) is 10.1 Å². The fourth-order valence-electron chi connectivity index (χ4n) is 2.38. The Kier molecular flexibility index (Phi) is 4.33. The first kappa shape index (κ1) is 15.8. The minimum atomic E-state index is -0.931. The lowest BCUT2D eigenvalue weighted by Crippen LogP contribution is -2.30. The van der Waals surface area contributed by atoms with Crippen LogP contribution >= 0.6 is 0 Å². The van der Waals surface area contributed by atoms with E-state index in [-0.39, 0.29) is 12.2 Å². The van der Waals surface area contributed by atoms with Gasteiger partial charge in [0.2, 0.25) is 0 Å². The number of nitrogens with zero attached hydrogens (tertiary/aromatic N) is 1. The van der Waals surface area contributed by atoms with Crippen LogP contribution in [0.5, 0.6) is 0 Å². The van der Waals surface area contributed by atoms with E-state index in [0.717, 1.165) is 16.5 Å². The summed E-state index contributed by atoms with van der Waals surface area (Å²) < 4.78 is 10.1. The van der Waals surface area contributed by atoms with Crippen LogP contribution in [0, 0.1) is 6.92 Å². The van der Waals surface area contributed by atoms with Crippen LogP contribution < -0.4 is 5.32 Å². The molecule has 7 nitrogen and oxygen atoms in total. The average molecular weight is 327 g/mol. The number of rotatable bonds is 5. The molecule has 0 radical (unpaired) electrons. The summed E-state index contributed by atoms with van der Waals surface area (Å²) in [5.41, 5.74) is 1.78. The SMILES string of the molecule is Cc1cc(NC(=O)[C@H](C)OC(=O)Cc2c[nH]c3ccccc23)no1. The predicted molar refractivity (Wildman–Crippen MR) is 87.4 cm³/mol. The maximum atomic E-state index is 12.1. The van der Waals surface area contributed by atoms with Gasteiger partial charge in [-0.15, -0.1) is 0 Å². The van der Waals surface area contributed by atoms with E-state index in [9.17, 15) is 9.59 Å². The summed E-state index contributed by atoms with van der Waals surface area (Å²) in [5, 5.41) is 7.15. The summed E-state index contributed by atoms with van der Waals surface area (Å²) in [6, 6.07) is 9.26. The van der Waals surface area contributed by atoms with Crippen molar-refractivity contribution in [2.24, 2.45) is 0 Å². The molecule has 0 saturated carbocycles. The summed E-state index contributed by atoms with van der Waals surface area (Å²) in [4.78, 5) is 27.2. The van der Waals surface area contributed by atoms with Gasteiger partial charge in [0.05, 0.1) is 6.42 Å². The van der Waals surface area contributed by atoms with Gasteiger partial charge in [0, 0.05) is 23.2 Å². The lowest BCUT2D eigenvalue weighted by Gasteiger charge is -2.12. The van der Waals surface area contributed by atoms with Gasteiger partial charge in [-0.25, -0.2) is 0 Å². The van der Waals surface area contributed by atoms with Gasteiger partial charge in [0.1, 0.15) is 5.76 Å². The first-order chi connectivity index (χ1) is 11.5. The number of amides is 1. The van der Waals surface area contributed by atoms with Crippen molar-refractivity contribution in [2.75, 3.05) is 5.32 Å². The number of anilines is 1. The smallest absolute Gasteiger partial charge is 0.311 e. The molecule has 0 fully saturated rings. The monoisotopic (exact) mass is 327 g/mol. The highest BCUT2D eigenvalue weighted by Crippen LogP contribution is 2.18. The molecule has 0 aliphatic carbocycles. The zero-order chi connectivity index (χ0) is 17.1. The number of aryl methyl sites for hydroxylation is 1. The summed E-state index contributed by atoms with van der Waals surface area (Å²) in [6.45, 7) is 3.22. The second-order valence-electron chi connectivity index (χ2n) is 5.48. The van der Waals surface area contributed by atoms with Crippen LogP contribution in [0.4, 0.5) is 5.82 Å². The number of aromatic amines is 1. The third kappa shape index (κ3) is 3.45. The molecular formula is C17H17N3O4. The Morgan fingerprint density at radius 2 is 2.17 bits per heavy atom. The number of H-pyrrole nitrogens is 1. The number of hydrogen-bond donors (Lipinski definition) is 2. The second kappa shape index (κ2) is 6.57. The van der Waals surface area contributed by atoms with Gasteiger partial charge in [-0.05, 0) is 25.5 Å². The maximum absolute atomic E-state index is 12.1. The lowest BCUT2D eigenvalue weighted by molar-refractivity contribution is -0.152. The van der Waals surface area contributed by atoms with Crippen LogP contribution in [0.1, 0.15) is 18.2 Å². The molecule has 0 aliphatic heterocycles. The lowest BCUT2D eigenvalue weighted by atomic mass is 10.1. The number of para-hydroxylation sites is 1. The van der Waals surface area contributed by atoms with Crippen molar-refractivity contribution < 1.29 is 18.8 Å². The number of benzene rings is 1. The zero-order valence-corrected chi connectivity index (χ0v) is 13.3. The Hall–Kier alpha value is -3.09. The second-order valence-corrected chi connectivity index (χ2v) is 5.48. The number of hydrogen-bond acceptors (Lipinski definition) is 5. The van der Waals surface area contributed by atoms with E-state index in [0.29, 0.717) is 5.76 Å². The van der Waals surface area contributed by atoms with Crippen LogP contribution in [0.3, 0.4) is 0 Å². The summed E-state index contributed by atoms with van der Waals surface area (Å²) >= 11 is 0. The zero-order valence-electron chi connectivity index (χ0n) is 13.3. The van der Waals surface area contributed by atoms with Gasteiger partial charge in [0.25, 0.3) is 5.91 Å². The highest BCUT2D eigenvalue weighted by molar-refractivity contribution is 5.94. The number of aromatic nitrogens is 2. The third-order valence-corrected chi connectivity index (χ3v) is 3.57. The molecule has 24 heavy (non-hydrogen) atoms. The molecule has 1 amide bonds. The molecule has 2 aromatic heterocycles. The van der Waals surface area contributed by atoms with Gasteiger partial charge < -0.3 is 19.6 Å². The molecule has 3 aromatic rings. The van der Waals surface area contributed by atoms with Crippen LogP contribution in [-0.4, -0.2) is 28.1 Å². The van der Waals surface area contributed by atoms with Crippen molar-refractivity contribution in [3.63, 3.8) is 0 Å². The molecule has 2 N–H and O–H groups in total. The van der Waals surface area contributed by atoms with E-state index in [2.05, 4.69) is 15.5 Å². The fourth-order valence-corrected chi connectivity index (χ4v) is 2.38. The normalized spacial score (nSPS) is 12.1. The van der Waals surface area contributed by atoms with Gasteiger partial charge in [0.15, 0.2) is 11.9 Å². The molecule has 0 unspecified atom stereocenters. The van der Waals surface area contributed by atoms with E-state index < -0.39 is 18.0 Å². The first-order valence-corrected chi connectivity index (χ1v) is 7.51. The Morgan fingerprint density at radius 1 is 1.38 bits per heavy atom. The van der Waals surface area contributed by atoms with E-state index in [1.54, 1.807) is 19.2 Å². The minimum absolute atomic E-state index is 0.0880. The van der Waals surface area contributed by atoms with Crippen molar-refractivity contribution in [2.45, 2.75) is 26.4 Å². The Morgan fingerprint density at radius 3 is 2.92 bits per heavy atom. The number of carbonyl (C=O) groups is 2. The summed E-state index contributed by atoms with van der Waals surface area (Å²) in [5.74, 6) is -0.0689. The largest absolute Gasteiger partial charge is 0.452 e. The highest BCUT2D eigenvalue weighted by Gasteiger charge is 2.20. The fraction of sp³-hybridized carbons (Fsp3) is 0.235. The van der Waals surface area contributed by atoms with E-state index in [4.69, 9.17) is 9.26 Å². The molecule has 124 valence electrons. The summed E-state index contributed by atoms with van der Waals surface area (Å²) in [6.07, 6.45) is 0.930. The van der Waals surface area contributed by atoms with Crippen LogP contribution in [0.2, 0.25) is 0 Å². The maximum Gasteiger partial charge on any atom is 0.311 e. The van der Waals surface area contributed by atoms with Gasteiger partial charge in [-0.1, -0.05) is 23.4 Å². The van der Waals surface area contributed by atoms with Crippen molar-refractivity contribution in [1.29, 1.82) is 0 Å². The van der Waals surface area contributed by atoms with Crippen molar-refractivity contribution in [3.05, 3.63) is 47.9 Å². The van der Waals surface area contributed by atoms with Crippen LogP contribution in [0.15, 0.2) is 41.1 Å². The molecule has 0 spiro atoms. The number of nitrogens with one attached hydrogen (secondary N) is 2. The number of fused-ring (bicyclic) bond motifs is 1. The van der Waals surface area contributed by atoms with Gasteiger partial charge in [-0.3, -0.25) is 9.59 Å². The number of ether oxygens (including phenoxy) is 1. The number of carbonyl (C=O) groups excluding carboxylic acids is 2. The highest BCUT2D eigenvalue weighted by atomic mass is 16.5. The molecule has 1 atom stereocenters. The van der Waals surface area contributed by atoms with E-state index >= 15 is 0 Å². The predicted octanol–water partition coefficient (Wildman–Crippen LogP) is 2.58. The minimum Gasteiger partial charge on any atom is -0.452 e. The molecule has 3 rings (SSSR count). The molecule has 7 heteroatoms. The van der Waals surface area contributed by atoms with E-state index in [1.807, 2.05) is 24.3 Å². The molecular weight excluding hydrogens is 310 g/mol. The van der Waals surface area contributed by atoms with Gasteiger partial charge >= 0.3 is 5.97 Å². The Bertz CT molecular complexity index is 881. The Labute approximate surface area is 138 Å². The quantitative estimate of drug-likeness (QED) is 0.702. The Balaban J connectivity index is 1.58. The van der Waals surface area contributed by atoms with Crippen molar-refractivity contribution >= 4 is 28.6 Å². The summed E-state index contributed by atoms with van der Waals surface area (Å²) in [7, 11) is 0. The van der Waals surface area contributed by atoms with Crippen LogP contribution in [0.25, 0.3) is 10.9 Å². The molecule has 1 aromatic carbocycles. The molecule has 0 saturated heterocycles. The van der Waals surface area contributed by atoms with E-state index in [1.165, 1.54) is 6.92 Å².